The lowest BCUT2D eigenvalue weighted by atomic mass is 9.86. The van der Waals surface area contributed by atoms with Crippen LogP contribution in [0.2, 0.25) is 0 Å². The van der Waals surface area contributed by atoms with Crippen molar-refractivity contribution < 1.29 is 4.79 Å². The van der Waals surface area contributed by atoms with Gasteiger partial charge in [-0.05, 0) is 68.9 Å². The molecular formula is C18H25NO. The summed E-state index contributed by atoms with van der Waals surface area (Å²) in [6.07, 6.45) is 6.13. The Labute approximate surface area is 122 Å². The lowest BCUT2D eigenvalue weighted by Gasteiger charge is -2.21. The molecule has 3 rings (SSSR count). The zero-order valence-corrected chi connectivity index (χ0v) is 12.8. The van der Waals surface area contributed by atoms with Crippen molar-refractivity contribution >= 4 is 11.6 Å². The molecule has 2 heteroatoms. The number of rotatable bonds is 3. The van der Waals surface area contributed by atoms with Gasteiger partial charge in [-0.15, -0.1) is 0 Å². The molecular weight excluding hydrogens is 246 g/mol. The minimum absolute atomic E-state index is 0.206. The van der Waals surface area contributed by atoms with Crippen LogP contribution in [0.25, 0.3) is 0 Å². The van der Waals surface area contributed by atoms with Gasteiger partial charge in [0, 0.05) is 12.1 Å². The van der Waals surface area contributed by atoms with E-state index in [4.69, 9.17) is 0 Å². The quantitative estimate of drug-likeness (QED) is 0.868. The molecule has 0 spiro atoms. The minimum atomic E-state index is 0.206. The van der Waals surface area contributed by atoms with Crippen LogP contribution in [0, 0.1) is 38.5 Å². The maximum absolute atomic E-state index is 12.3. The molecule has 2 aliphatic carbocycles. The Morgan fingerprint density at radius 2 is 1.85 bits per heavy atom. The van der Waals surface area contributed by atoms with E-state index in [0.717, 1.165) is 17.5 Å². The van der Waals surface area contributed by atoms with E-state index in [1.165, 1.54) is 42.4 Å². The molecule has 0 aromatic heterocycles. The van der Waals surface area contributed by atoms with Gasteiger partial charge in [0.05, 0.1) is 0 Å². The summed E-state index contributed by atoms with van der Waals surface area (Å²) >= 11 is 0. The fourth-order valence-corrected chi connectivity index (χ4v) is 4.43. The van der Waals surface area contributed by atoms with Crippen molar-refractivity contribution in [3.8, 4) is 0 Å². The number of benzene rings is 1. The van der Waals surface area contributed by atoms with Crippen molar-refractivity contribution in [2.75, 3.05) is 5.32 Å². The van der Waals surface area contributed by atoms with E-state index in [1.807, 2.05) is 0 Å². The lowest BCUT2D eigenvalue weighted by molar-refractivity contribution is -0.117. The van der Waals surface area contributed by atoms with Crippen LogP contribution in [-0.4, -0.2) is 5.91 Å². The maximum Gasteiger partial charge on any atom is 0.224 e. The molecule has 0 unspecified atom stereocenters. The lowest BCUT2D eigenvalue weighted by Crippen LogP contribution is -2.21. The molecule has 108 valence electrons. The molecule has 0 radical (unpaired) electrons. The van der Waals surface area contributed by atoms with Crippen molar-refractivity contribution in [1.29, 1.82) is 0 Å². The highest BCUT2D eigenvalue weighted by Crippen LogP contribution is 2.49. The minimum Gasteiger partial charge on any atom is -0.326 e. The van der Waals surface area contributed by atoms with Gasteiger partial charge in [0.1, 0.15) is 0 Å². The summed E-state index contributed by atoms with van der Waals surface area (Å²) in [4.78, 5) is 12.3. The number of aryl methyl sites for hydroxylation is 3. The second-order valence-corrected chi connectivity index (χ2v) is 6.96. The van der Waals surface area contributed by atoms with Crippen molar-refractivity contribution in [3.63, 3.8) is 0 Å². The highest BCUT2D eigenvalue weighted by Gasteiger charge is 2.40. The Bertz CT molecular complexity index is 511. The van der Waals surface area contributed by atoms with Gasteiger partial charge in [0.25, 0.3) is 0 Å². The van der Waals surface area contributed by atoms with Crippen LogP contribution in [0.15, 0.2) is 12.1 Å². The van der Waals surface area contributed by atoms with Gasteiger partial charge in [-0.3, -0.25) is 4.79 Å². The van der Waals surface area contributed by atoms with Crippen LogP contribution < -0.4 is 5.32 Å². The smallest absolute Gasteiger partial charge is 0.224 e. The number of nitrogens with one attached hydrogen (secondary N) is 1. The first-order chi connectivity index (χ1) is 9.52. The van der Waals surface area contributed by atoms with Crippen molar-refractivity contribution in [2.24, 2.45) is 17.8 Å². The van der Waals surface area contributed by atoms with Crippen LogP contribution in [0.4, 0.5) is 5.69 Å². The molecule has 1 amide bonds. The average molecular weight is 271 g/mol. The predicted molar refractivity (Wildman–Crippen MR) is 82.8 cm³/mol. The molecule has 2 bridgehead atoms. The van der Waals surface area contributed by atoms with Gasteiger partial charge in [-0.2, -0.15) is 0 Å². The fourth-order valence-electron chi connectivity index (χ4n) is 4.43. The van der Waals surface area contributed by atoms with E-state index in [1.54, 1.807) is 0 Å². The van der Waals surface area contributed by atoms with Crippen molar-refractivity contribution in [3.05, 3.63) is 28.8 Å². The molecule has 0 saturated heterocycles. The molecule has 0 heterocycles. The Balaban J connectivity index is 1.65. The standard InChI is InChI=1S/C18H25NO/c1-11-6-12(2)18(13(3)7-11)19-17(20)10-16-9-14-4-5-15(16)8-14/h6-7,14-16H,4-5,8-10H2,1-3H3,(H,19,20)/t14-,15-,16+/m0/s1. The summed E-state index contributed by atoms with van der Waals surface area (Å²) in [5, 5.41) is 3.15. The molecule has 1 aromatic rings. The molecule has 1 aromatic carbocycles. The third-order valence-corrected chi connectivity index (χ3v) is 5.27. The Hall–Kier alpha value is -1.31. The zero-order valence-electron chi connectivity index (χ0n) is 12.8. The molecule has 2 aliphatic rings. The molecule has 1 N–H and O–H groups in total. The summed E-state index contributed by atoms with van der Waals surface area (Å²) in [5.41, 5.74) is 4.61. The summed E-state index contributed by atoms with van der Waals surface area (Å²) in [6.45, 7) is 6.25. The normalized spacial score (nSPS) is 27.9. The maximum atomic E-state index is 12.3. The van der Waals surface area contributed by atoms with Crippen molar-refractivity contribution in [1.82, 2.24) is 0 Å². The number of fused-ring (bicyclic) bond motifs is 2. The van der Waals surface area contributed by atoms with Gasteiger partial charge in [0.2, 0.25) is 5.91 Å². The third kappa shape index (κ3) is 2.61. The van der Waals surface area contributed by atoms with E-state index in [-0.39, 0.29) is 5.91 Å². The molecule has 20 heavy (non-hydrogen) atoms. The first-order valence-electron chi connectivity index (χ1n) is 7.90. The Morgan fingerprint density at radius 3 is 2.40 bits per heavy atom. The van der Waals surface area contributed by atoms with E-state index in [2.05, 4.69) is 38.2 Å². The Morgan fingerprint density at radius 1 is 1.15 bits per heavy atom. The average Bonchev–Trinajstić information content (AvgIpc) is 2.95. The molecule has 3 atom stereocenters. The second kappa shape index (κ2) is 5.23. The van der Waals surface area contributed by atoms with Gasteiger partial charge in [-0.25, -0.2) is 0 Å². The predicted octanol–water partition coefficient (Wildman–Crippen LogP) is 4.38. The summed E-state index contributed by atoms with van der Waals surface area (Å²) < 4.78 is 0. The van der Waals surface area contributed by atoms with Crippen LogP contribution in [0.5, 0.6) is 0 Å². The number of hydrogen-bond donors (Lipinski definition) is 1. The molecule has 2 fully saturated rings. The third-order valence-electron chi connectivity index (χ3n) is 5.27. The van der Waals surface area contributed by atoms with Gasteiger partial charge in [-0.1, -0.05) is 24.1 Å². The first kappa shape index (κ1) is 13.7. The van der Waals surface area contributed by atoms with Crippen LogP contribution in [0.3, 0.4) is 0 Å². The van der Waals surface area contributed by atoms with E-state index < -0.39 is 0 Å². The van der Waals surface area contributed by atoms with Gasteiger partial charge in [0.15, 0.2) is 0 Å². The SMILES string of the molecule is Cc1cc(C)c(NC(=O)C[C@H]2C[C@H]3CC[C@H]2C3)c(C)c1. The highest BCUT2D eigenvalue weighted by atomic mass is 16.1. The van der Waals surface area contributed by atoms with Crippen LogP contribution in [-0.2, 0) is 4.79 Å². The zero-order chi connectivity index (χ0) is 14.3. The van der Waals surface area contributed by atoms with Crippen LogP contribution in [0.1, 0.15) is 48.8 Å². The van der Waals surface area contributed by atoms with E-state index in [9.17, 15) is 4.79 Å². The summed E-state index contributed by atoms with van der Waals surface area (Å²) in [6, 6.07) is 4.28. The molecule has 2 nitrogen and oxygen atoms in total. The first-order valence-corrected chi connectivity index (χ1v) is 7.90. The number of amides is 1. The monoisotopic (exact) mass is 271 g/mol. The van der Waals surface area contributed by atoms with Gasteiger partial charge >= 0.3 is 0 Å². The van der Waals surface area contributed by atoms with E-state index in [0.29, 0.717) is 12.3 Å². The van der Waals surface area contributed by atoms with Gasteiger partial charge < -0.3 is 5.32 Å². The number of carbonyl (C=O) groups is 1. The summed E-state index contributed by atoms with van der Waals surface area (Å²) in [5.74, 6) is 2.59. The van der Waals surface area contributed by atoms with E-state index >= 15 is 0 Å². The number of hydrogen-bond acceptors (Lipinski definition) is 1. The van der Waals surface area contributed by atoms with Crippen LogP contribution >= 0.6 is 0 Å². The number of anilines is 1. The number of carbonyl (C=O) groups excluding carboxylic acids is 1. The molecule has 0 aliphatic heterocycles. The van der Waals surface area contributed by atoms with Crippen molar-refractivity contribution in [2.45, 2.75) is 52.9 Å². The molecule has 2 saturated carbocycles. The highest BCUT2D eigenvalue weighted by molar-refractivity contribution is 5.92. The fraction of sp³-hybridized carbons (Fsp3) is 0.611. The topological polar surface area (TPSA) is 29.1 Å². The second-order valence-electron chi connectivity index (χ2n) is 6.96. The largest absolute Gasteiger partial charge is 0.326 e. The Kier molecular flexibility index (Phi) is 3.57. The summed E-state index contributed by atoms with van der Waals surface area (Å²) in [7, 11) is 0.